The van der Waals surface area contributed by atoms with Crippen LogP contribution < -0.4 is 0 Å². The van der Waals surface area contributed by atoms with E-state index in [2.05, 4.69) is 16.1 Å². The van der Waals surface area contributed by atoms with Crippen LogP contribution in [0.3, 0.4) is 0 Å². The molecule has 0 N–H and O–H groups in total. The van der Waals surface area contributed by atoms with Crippen LogP contribution in [0.25, 0.3) is 0 Å². The summed E-state index contributed by atoms with van der Waals surface area (Å²) in [5.74, 6) is -7.88. The molecule has 0 spiro atoms. The van der Waals surface area contributed by atoms with E-state index in [0.29, 0.717) is 0 Å². The van der Waals surface area contributed by atoms with Crippen molar-refractivity contribution in [3.63, 3.8) is 0 Å². The molecule has 17 heteroatoms. The van der Waals surface area contributed by atoms with Gasteiger partial charge < -0.3 is 9.47 Å². The van der Waals surface area contributed by atoms with Gasteiger partial charge in [0.05, 0.1) is 35.9 Å². The highest BCUT2D eigenvalue weighted by Gasteiger charge is 2.51. The number of alkyl halides is 5. The summed E-state index contributed by atoms with van der Waals surface area (Å²) >= 11 is 0. The summed E-state index contributed by atoms with van der Waals surface area (Å²) in [6, 6.07) is 0. The van der Waals surface area contributed by atoms with Gasteiger partial charge in [-0.2, -0.15) is 13.2 Å². The van der Waals surface area contributed by atoms with Crippen molar-refractivity contribution >= 4 is 35.5 Å². The molecule has 178 valence electrons. The van der Waals surface area contributed by atoms with Crippen LogP contribution in [0.5, 0.6) is 0 Å². The predicted octanol–water partition coefficient (Wildman–Crippen LogP) is 1.33. The van der Waals surface area contributed by atoms with Gasteiger partial charge in [-0.1, -0.05) is 6.58 Å². The second kappa shape index (κ2) is 9.44. The minimum atomic E-state index is -6.97. The molecule has 0 bridgehead atoms. The second-order valence-corrected chi connectivity index (χ2v) is 12.5. The highest BCUT2D eigenvalue weighted by atomic mass is 32.3. The lowest BCUT2D eigenvalue weighted by Crippen LogP contribution is -2.42. The summed E-state index contributed by atoms with van der Waals surface area (Å²) < 4.78 is 141. The number of carbonyl (C=O) groups excluding carboxylic acids is 1. The molecule has 0 radical (unpaired) electrons. The SMILES string of the molecule is C=C(C)C(=O)OC(C)OCCC(F)(F)CS(=O)(=O)[C-](S(C)(=O)=O)S(=O)(=O)C(F)(F)F. The van der Waals surface area contributed by atoms with Gasteiger partial charge in [-0.05, 0) is 13.8 Å². The molecule has 0 aromatic heterocycles. The first kappa shape index (κ1) is 28.7. The lowest BCUT2D eigenvalue weighted by atomic mass is 10.3. The molecule has 0 aromatic rings. The third-order valence-electron chi connectivity index (χ3n) is 2.92. The largest absolute Gasteiger partial charge is 0.470 e. The molecule has 9 nitrogen and oxygen atoms in total. The minimum absolute atomic E-state index is 0.0448. The Balaban J connectivity index is 5.48. The van der Waals surface area contributed by atoms with E-state index in [1.165, 1.54) is 6.92 Å². The van der Waals surface area contributed by atoms with Crippen LogP contribution in [0.2, 0.25) is 0 Å². The molecule has 0 saturated heterocycles. The molecular formula is C13H18F5O9S3-. The Morgan fingerprint density at radius 2 is 1.53 bits per heavy atom. The highest BCUT2D eigenvalue weighted by molar-refractivity contribution is 8.29. The van der Waals surface area contributed by atoms with E-state index >= 15 is 0 Å². The van der Waals surface area contributed by atoms with Crippen molar-refractivity contribution in [2.75, 3.05) is 18.6 Å². The average Bonchev–Trinajstić information content (AvgIpc) is 2.41. The summed E-state index contributed by atoms with van der Waals surface area (Å²) in [4.78, 5) is 11.2. The minimum Gasteiger partial charge on any atom is -0.433 e. The van der Waals surface area contributed by atoms with Crippen LogP contribution in [0.1, 0.15) is 20.3 Å². The molecule has 0 saturated carbocycles. The maximum absolute atomic E-state index is 13.9. The molecule has 0 fully saturated rings. The summed E-state index contributed by atoms with van der Waals surface area (Å²) in [5.41, 5.74) is -6.41. The number of hydrogen-bond donors (Lipinski definition) is 0. The quantitative estimate of drug-likeness (QED) is 0.133. The molecule has 0 aliphatic heterocycles. The number of halogens is 5. The van der Waals surface area contributed by atoms with Crippen LogP contribution >= 0.6 is 0 Å². The maximum Gasteiger partial charge on any atom is 0.470 e. The van der Waals surface area contributed by atoms with Crippen LogP contribution in [-0.4, -0.2) is 67.6 Å². The lowest BCUT2D eigenvalue weighted by molar-refractivity contribution is -0.172. The first-order valence-electron chi connectivity index (χ1n) is 7.51. The van der Waals surface area contributed by atoms with Crippen LogP contribution in [0.4, 0.5) is 22.0 Å². The van der Waals surface area contributed by atoms with Gasteiger partial charge >= 0.3 is 11.5 Å². The second-order valence-electron chi connectivity index (χ2n) is 5.96. The number of hydrogen-bond acceptors (Lipinski definition) is 9. The molecule has 0 rings (SSSR count). The normalized spacial score (nSPS) is 15.1. The van der Waals surface area contributed by atoms with Gasteiger partial charge in [0.25, 0.3) is 5.92 Å². The van der Waals surface area contributed by atoms with Crippen molar-refractivity contribution in [2.45, 2.75) is 38.0 Å². The van der Waals surface area contributed by atoms with Gasteiger partial charge in [-0.15, -0.1) is 0 Å². The van der Waals surface area contributed by atoms with E-state index in [-0.39, 0.29) is 11.8 Å². The Hall–Kier alpha value is -1.33. The number of sulfone groups is 3. The first-order chi connectivity index (χ1) is 13.0. The predicted molar refractivity (Wildman–Crippen MR) is 92.7 cm³/mol. The monoisotopic (exact) mass is 509 g/mol. The van der Waals surface area contributed by atoms with Crippen molar-refractivity contribution in [3.05, 3.63) is 16.1 Å². The van der Waals surface area contributed by atoms with Gasteiger partial charge in [0.1, 0.15) is 0 Å². The van der Waals surface area contributed by atoms with Gasteiger partial charge in [0.2, 0.25) is 0 Å². The van der Waals surface area contributed by atoms with E-state index < -0.39 is 75.9 Å². The third-order valence-corrected chi connectivity index (χ3v) is 10.5. The third kappa shape index (κ3) is 8.07. The van der Waals surface area contributed by atoms with Crippen LogP contribution in [0.15, 0.2) is 12.2 Å². The topological polar surface area (TPSA) is 138 Å². The van der Waals surface area contributed by atoms with Crippen molar-refractivity contribution in [1.82, 2.24) is 0 Å². The summed E-state index contributed by atoms with van der Waals surface area (Å²) in [7, 11) is -18.7. The van der Waals surface area contributed by atoms with Gasteiger partial charge in [0.15, 0.2) is 16.1 Å². The lowest BCUT2D eigenvalue weighted by Gasteiger charge is -2.30. The number of ether oxygens (including phenoxy) is 2. The Morgan fingerprint density at radius 3 is 1.90 bits per heavy atom. The van der Waals surface area contributed by atoms with Crippen molar-refractivity contribution in [3.8, 4) is 0 Å². The summed E-state index contributed by atoms with van der Waals surface area (Å²) in [6.45, 7) is 4.65. The standard InChI is InChI=1S/C13H18F5O9S3/c1-8(2)10(19)27-9(3)26-6-5-12(14,15)7-29(22,23)11(28(4,20)21)30(24,25)13(16,17)18/h9H,1,5-7H2,2-4H3/q-1. The van der Waals surface area contributed by atoms with E-state index in [4.69, 9.17) is 0 Å². The Kier molecular flexibility index (Phi) is 9.02. The van der Waals surface area contributed by atoms with Crippen molar-refractivity contribution in [2.24, 2.45) is 0 Å². The van der Waals surface area contributed by atoms with E-state index in [0.717, 1.165) is 6.92 Å². The summed E-state index contributed by atoms with van der Waals surface area (Å²) in [5, 5.41) is 0. The molecule has 30 heavy (non-hydrogen) atoms. The Labute approximate surface area is 170 Å². The van der Waals surface area contributed by atoms with E-state index in [1.807, 2.05) is 0 Å². The molecule has 0 aromatic carbocycles. The van der Waals surface area contributed by atoms with Gasteiger partial charge in [-0.3, -0.25) is 25.3 Å². The van der Waals surface area contributed by atoms with Gasteiger partial charge in [-0.25, -0.2) is 13.6 Å². The molecule has 1 unspecified atom stereocenters. The van der Waals surface area contributed by atoms with Gasteiger partial charge in [0, 0.05) is 18.2 Å². The van der Waals surface area contributed by atoms with E-state index in [1.54, 1.807) is 0 Å². The van der Waals surface area contributed by atoms with E-state index in [9.17, 15) is 52.0 Å². The van der Waals surface area contributed by atoms with Crippen LogP contribution in [-0.2, 0) is 43.8 Å². The highest BCUT2D eigenvalue weighted by Crippen LogP contribution is 2.39. The zero-order chi connectivity index (χ0) is 24.3. The number of rotatable bonds is 11. The maximum atomic E-state index is 13.9. The zero-order valence-corrected chi connectivity index (χ0v) is 18.1. The fraction of sp³-hybridized carbons (Fsp3) is 0.692. The Morgan fingerprint density at radius 1 is 1.07 bits per heavy atom. The van der Waals surface area contributed by atoms with Crippen molar-refractivity contribution in [1.29, 1.82) is 0 Å². The molecule has 1 atom stereocenters. The molecule has 0 aliphatic rings. The fourth-order valence-corrected chi connectivity index (χ4v) is 8.46. The fourth-order valence-electron chi connectivity index (χ4n) is 1.76. The first-order valence-corrected chi connectivity index (χ1v) is 12.5. The zero-order valence-electron chi connectivity index (χ0n) is 15.7. The molecule has 0 aliphatic carbocycles. The van der Waals surface area contributed by atoms with Crippen molar-refractivity contribution < 1.29 is 61.5 Å². The number of carbonyl (C=O) groups is 1. The smallest absolute Gasteiger partial charge is 0.433 e. The summed E-state index contributed by atoms with van der Waals surface area (Å²) in [6.07, 6.45) is -3.04. The Bertz CT molecular complexity index is 966. The molecule has 0 heterocycles. The molecule has 0 amide bonds. The molecular weight excluding hydrogens is 491 g/mol. The average molecular weight is 509 g/mol. The van der Waals surface area contributed by atoms with Crippen LogP contribution in [0, 0.1) is 3.91 Å². The number of esters is 1.